The lowest BCUT2D eigenvalue weighted by molar-refractivity contribution is -0.121. The van der Waals surface area contributed by atoms with E-state index >= 15 is 0 Å². The molecule has 2 N–H and O–H groups in total. The van der Waals surface area contributed by atoms with Gasteiger partial charge in [-0.05, 0) is 36.4 Å². The molecule has 1 fully saturated rings. The SMILES string of the molecule is COc1cc(/C=N\N=C(N)S[C@@H]2CC(=O)N(c3ccc(Br)cc3)C2=O)cc(OC)c1OC. The van der Waals surface area contributed by atoms with Gasteiger partial charge in [0.05, 0.1) is 33.2 Å². The van der Waals surface area contributed by atoms with Gasteiger partial charge in [0.1, 0.15) is 5.25 Å². The molecule has 1 saturated heterocycles. The molecule has 0 aromatic heterocycles. The van der Waals surface area contributed by atoms with Gasteiger partial charge >= 0.3 is 0 Å². The van der Waals surface area contributed by atoms with Gasteiger partial charge < -0.3 is 19.9 Å². The zero-order chi connectivity index (χ0) is 23.3. The molecular weight excluding hydrogens is 500 g/mol. The van der Waals surface area contributed by atoms with Gasteiger partial charge in [0, 0.05) is 16.5 Å². The Bertz CT molecular complexity index is 1050. The molecule has 9 nitrogen and oxygen atoms in total. The van der Waals surface area contributed by atoms with Crippen LogP contribution in [0.5, 0.6) is 17.2 Å². The first-order valence-electron chi connectivity index (χ1n) is 9.33. The number of rotatable bonds is 7. The highest BCUT2D eigenvalue weighted by Crippen LogP contribution is 2.37. The van der Waals surface area contributed by atoms with Crippen LogP contribution in [0.4, 0.5) is 5.69 Å². The number of amidine groups is 1. The van der Waals surface area contributed by atoms with Crippen LogP contribution in [0.15, 0.2) is 51.1 Å². The normalized spacial score (nSPS) is 16.7. The molecule has 0 radical (unpaired) electrons. The third kappa shape index (κ3) is 5.22. The van der Waals surface area contributed by atoms with Crippen molar-refractivity contribution >= 4 is 56.6 Å². The molecule has 2 amide bonds. The van der Waals surface area contributed by atoms with Crippen molar-refractivity contribution in [3.8, 4) is 17.2 Å². The Labute approximate surface area is 197 Å². The smallest absolute Gasteiger partial charge is 0.247 e. The molecule has 0 bridgehead atoms. The van der Waals surface area contributed by atoms with Crippen LogP contribution in [0.3, 0.4) is 0 Å². The maximum absolute atomic E-state index is 12.7. The molecule has 168 valence electrons. The molecule has 2 aromatic rings. The Morgan fingerprint density at radius 3 is 2.31 bits per heavy atom. The molecule has 2 aromatic carbocycles. The summed E-state index contributed by atoms with van der Waals surface area (Å²) in [7, 11) is 4.55. The third-order valence-electron chi connectivity index (χ3n) is 4.50. The number of methoxy groups -OCH3 is 3. The molecule has 0 unspecified atom stereocenters. The number of carbonyl (C=O) groups excluding carboxylic acids is 2. The summed E-state index contributed by atoms with van der Waals surface area (Å²) in [5, 5.41) is 7.31. The van der Waals surface area contributed by atoms with E-state index in [-0.39, 0.29) is 23.4 Å². The number of benzene rings is 2. The van der Waals surface area contributed by atoms with Crippen LogP contribution in [0.25, 0.3) is 0 Å². The topological polar surface area (TPSA) is 116 Å². The molecule has 11 heteroatoms. The summed E-state index contributed by atoms with van der Waals surface area (Å²) in [6, 6.07) is 10.4. The maximum Gasteiger partial charge on any atom is 0.247 e. The Morgan fingerprint density at radius 2 is 1.75 bits per heavy atom. The summed E-state index contributed by atoms with van der Waals surface area (Å²) in [6.07, 6.45) is 1.50. The second-order valence-electron chi connectivity index (χ2n) is 6.50. The number of nitrogens with zero attached hydrogens (tertiary/aromatic N) is 3. The van der Waals surface area contributed by atoms with Gasteiger partial charge in [-0.1, -0.05) is 27.7 Å². The standard InChI is InChI=1S/C21H21BrN4O5S/c1-29-15-8-12(9-16(30-2)19(15)31-3)11-24-25-21(23)32-17-10-18(27)26(20(17)28)14-6-4-13(22)5-7-14/h4-9,11,17H,10H2,1-3H3,(H2,23,25)/b24-11-/t17-/m1/s1. The molecule has 3 rings (SSSR count). The van der Waals surface area contributed by atoms with Crippen molar-refractivity contribution in [3.63, 3.8) is 0 Å². The molecule has 0 saturated carbocycles. The van der Waals surface area contributed by atoms with Crippen molar-refractivity contribution in [2.24, 2.45) is 15.9 Å². The van der Waals surface area contributed by atoms with E-state index in [0.717, 1.165) is 21.1 Å². The quantitative estimate of drug-likeness (QED) is 0.258. The number of halogens is 1. The van der Waals surface area contributed by atoms with Crippen LogP contribution >= 0.6 is 27.7 Å². The van der Waals surface area contributed by atoms with E-state index in [0.29, 0.717) is 28.5 Å². The fourth-order valence-electron chi connectivity index (χ4n) is 3.06. The lowest BCUT2D eigenvalue weighted by atomic mass is 10.2. The highest BCUT2D eigenvalue weighted by atomic mass is 79.9. The average Bonchev–Trinajstić information content (AvgIpc) is 3.06. The van der Waals surface area contributed by atoms with Gasteiger partial charge in [-0.15, -0.1) is 5.10 Å². The number of hydrogen-bond acceptors (Lipinski definition) is 8. The van der Waals surface area contributed by atoms with Crippen molar-refractivity contribution in [2.75, 3.05) is 26.2 Å². The van der Waals surface area contributed by atoms with E-state index in [9.17, 15) is 9.59 Å². The third-order valence-corrected chi connectivity index (χ3v) is 6.01. The molecule has 0 aliphatic carbocycles. The number of imide groups is 1. The molecule has 1 heterocycles. The Hall–Kier alpha value is -3.05. The van der Waals surface area contributed by atoms with Crippen molar-refractivity contribution in [2.45, 2.75) is 11.7 Å². The fourth-order valence-corrected chi connectivity index (χ4v) is 4.14. The minimum Gasteiger partial charge on any atom is -0.493 e. The van der Waals surface area contributed by atoms with E-state index in [1.165, 1.54) is 27.5 Å². The lowest BCUT2D eigenvalue weighted by Crippen LogP contribution is -2.31. The minimum atomic E-state index is -0.661. The Morgan fingerprint density at radius 1 is 1.12 bits per heavy atom. The maximum atomic E-state index is 12.7. The molecule has 1 aliphatic heterocycles. The number of hydrogen-bond donors (Lipinski definition) is 1. The van der Waals surface area contributed by atoms with Crippen LogP contribution in [0.2, 0.25) is 0 Å². The van der Waals surface area contributed by atoms with Crippen LogP contribution in [0.1, 0.15) is 12.0 Å². The number of ether oxygens (including phenoxy) is 3. The van der Waals surface area contributed by atoms with Crippen LogP contribution in [0, 0.1) is 0 Å². The van der Waals surface area contributed by atoms with E-state index in [2.05, 4.69) is 26.1 Å². The van der Waals surface area contributed by atoms with Crippen molar-refractivity contribution in [1.82, 2.24) is 0 Å². The van der Waals surface area contributed by atoms with Gasteiger partial charge in [-0.25, -0.2) is 4.90 Å². The van der Waals surface area contributed by atoms with E-state index in [1.54, 1.807) is 36.4 Å². The monoisotopic (exact) mass is 520 g/mol. The summed E-state index contributed by atoms with van der Waals surface area (Å²) in [6.45, 7) is 0. The van der Waals surface area contributed by atoms with Gasteiger partial charge in [-0.3, -0.25) is 9.59 Å². The average molecular weight is 521 g/mol. The summed E-state index contributed by atoms with van der Waals surface area (Å²) in [5.74, 6) is 0.786. The molecule has 32 heavy (non-hydrogen) atoms. The number of nitrogens with two attached hydrogens (primary N) is 1. The van der Waals surface area contributed by atoms with E-state index in [1.807, 2.05) is 0 Å². The zero-order valence-corrected chi connectivity index (χ0v) is 20.0. The fraction of sp³-hybridized carbons (Fsp3) is 0.238. The lowest BCUT2D eigenvalue weighted by Gasteiger charge is -2.14. The first-order valence-corrected chi connectivity index (χ1v) is 11.0. The van der Waals surface area contributed by atoms with Crippen molar-refractivity contribution in [3.05, 3.63) is 46.4 Å². The summed E-state index contributed by atoms with van der Waals surface area (Å²) in [4.78, 5) is 26.3. The van der Waals surface area contributed by atoms with Crippen LogP contribution < -0.4 is 24.8 Å². The van der Waals surface area contributed by atoms with E-state index < -0.39 is 5.25 Å². The minimum absolute atomic E-state index is 0.0341. The number of amides is 2. The summed E-state index contributed by atoms with van der Waals surface area (Å²) < 4.78 is 16.7. The van der Waals surface area contributed by atoms with Gasteiger partial charge in [0.2, 0.25) is 17.6 Å². The molecule has 1 atom stereocenters. The predicted octanol–water partition coefficient (Wildman–Crippen LogP) is 3.19. The highest BCUT2D eigenvalue weighted by molar-refractivity contribution is 9.10. The Kier molecular flexibility index (Phi) is 7.75. The first-order chi connectivity index (χ1) is 15.4. The number of anilines is 1. The number of thioether (sulfide) groups is 1. The van der Waals surface area contributed by atoms with E-state index in [4.69, 9.17) is 19.9 Å². The van der Waals surface area contributed by atoms with Crippen LogP contribution in [-0.2, 0) is 9.59 Å². The second-order valence-corrected chi connectivity index (χ2v) is 8.63. The highest BCUT2D eigenvalue weighted by Gasteiger charge is 2.40. The van der Waals surface area contributed by atoms with Crippen molar-refractivity contribution < 1.29 is 23.8 Å². The molecule has 0 spiro atoms. The van der Waals surface area contributed by atoms with Gasteiger partial charge in [-0.2, -0.15) is 5.10 Å². The molecule has 1 aliphatic rings. The first kappa shape index (κ1) is 23.6. The van der Waals surface area contributed by atoms with Crippen LogP contribution in [-0.4, -0.2) is 49.8 Å². The zero-order valence-electron chi connectivity index (χ0n) is 17.6. The largest absolute Gasteiger partial charge is 0.493 e. The molecular formula is C21H21BrN4O5S. The predicted molar refractivity (Wildman–Crippen MR) is 128 cm³/mol. The summed E-state index contributed by atoms with van der Waals surface area (Å²) in [5.41, 5.74) is 7.09. The second kappa shape index (κ2) is 10.5. The summed E-state index contributed by atoms with van der Waals surface area (Å²) >= 11 is 4.34. The van der Waals surface area contributed by atoms with Gasteiger partial charge in [0.15, 0.2) is 16.7 Å². The van der Waals surface area contributed by atoms with Crippen molar-refractivity contribution in [1.29, 1.82) is 0 Å². The van der Waals surface area contributed by atoms with Gasteiger partial charge in [0.25, 0.3) is 0 Å². The Balaban J connectivity index is 1.70. The number of carbonyl (C=O) groups is 2.